The van der Waals surface area contributed by atoms with Crippen LogP contribution in [0.25, 0.3) is 0 Å². The minimum atomic E-state index is -0.247. The quantitative estimate of drug-likeness (QED) is 0.898. The molecule has 0 unspecified atom stereocenters. The third kappa shape index (κ3) is 3.45. The zero-order valence-corrected chi connectivity index (χ0v) is 11.4. The van der Waals surface area contributed by atoms with Crippen molar-refractivity contribution in [2.45, 2.75) is 13.8 Å². The maximum atomic E-state index is 12.3. The van der Waals surface area contributed by atoms with E-state index in [9.17, 15) is 9.59 Å². The Bertz CT molecular complexity index is 636. The van der Waals surface area contributed by atoms with Gasteiger partial charge in [0, 0.05) is 12.6 Å². The predicted molar refractivity (Wildman–Crippen MR) is 79.9 cm³/mol. The summed E-state index contributed by atoms with van der Waals surface area (Å²) in [5, 5.41) is 5.48. The summed E-state index contributed by atoms with van der Waals surface area (Å²) in [6, 6.07) is 14.5. The van der Waals surface area contributed by atoms with Gasteiger partial charge in [0.2, 0.25) is 5.91 Å². The van der Waals surface area contributed by atoms with E-state index in [1.807, 2.05) is 43.3 Å². The van der Waals surface area contributed by atoms with Gasteiger partial charge in [-0.05, 0) is 31.2 Å². The Balaban J connectivity index is 2.28. The summed E-state index contributed by atoms with van der Waals surface area (Å²) in [6.45, 7) is 3.32. The van der Waals surface area contributed by atoms with Gasteiger partial charge in [-0.15, -0.1) is 0 Å². The number of benzene rings is 2. The topological polar surface area (TPSA) is 58.2 Å². The van der Waals surface area contributed by atoms with E-state index < -0.39 is 0 Å². The second kappa shape index (κ2) is 6.02. The number of aryl methyl sites for hydroxylation is 1. The van der Waals surface area contributed by atoms with Crippen molar-refractivity contribution >= 4 is 23.2 Å². The number of rotatable bonds is 3. The van der Waals surface area contributed by atoms with Crippen LogP contribution in [0.4, 0.5) is 11.4 Å². The van der Waals surface area contributed by atoms with Crippen molar-refractivity contribution in [1.82, 2.24) is 0 Å². The summed E-state index contributed by atoms with van der Waals surface area (Å²) in [5.74, 6) is -0.453. The first-order valence-electron chi connectivity index (χ1n) is 6.31. The van der Waals surface area contributed by atoms with Gasteiger partial charge in [-0.1, -0.05) is 29.8 Å². The van der Waals surface area contributed by atoms with E-state index in [-0.39, 0.29) is 11.8 Å². The largest absolute Gasteiger partial charge is 0.326 e. The van der Waals surface area contributed by atoms with Gasteiger partial charge in [0.1, 0.15) is 0 Å². The molecule has 102 valence electrons. The van der Waals surface area contributed by atoms with Crippen molar-refractivity contribution in [3.63, 3.8) is 0 Å². The average molecular weight is 268 g/mol. The number of amides is 2. The van der Waals surface area contributed by atoms with Crippen LogP contribution in [0, 0.1) is 6.92 Å². The smallest absolute Gasteiger partial charge is 0.257 e. The van der Waals surface area contributed by atoms with Crippen LogP contribution in [0.15, 0.2) is 48.5 Å². The van der Waals surface area contributed by atoms with Crippen molar-refractivity contribution in [2.24, 2.45) is 0 Å². The van der Waals surface area contributed by atoms with Crippen molar-refractivity contribution in [2.75, 3.05) is 10.6 Å². The van der Waals surface area contributed by atoms with E-state index in [1.54, 1.807) is 12.1 Å². The highest BCUT2D eigenvalue weighted by molar-refractivity contribution is 6.10. The van der Waals surface area contributed by atoms with Crippen LogP contribution < -0.4 is 10.6 Å². The molecule has 20 heavy (non-hydrogen) atoms. The molecule has 0 aromatic heterocycles. The normalized spacial score (nSPS) is 9.90. The van der Waals surface area contributed by atoms with Crippen LogP contribution in [0.1, 0.15) is 22.8 Å². The van der Waals surface area contributed by atoms with E-state index in [0.717, 1.165) is 5.56 Å². The van der Waals surface area contributed by atoms with Crippen LogP contribution in [0.5, 0.6) is 0 Å². The Hall–Kier alpha value is -2.62. The third-order valence-electron chi connectivity index (χ3n) is 2.76. The number of hydrogen-bond acceptors (Lipinski definition) is 2. The molecule has 0 radical (unpaired) electrons. The lowest BCUT2D eigenvalue weighted by molar-refractivity contribution is -0.114. The molecule has 0 saturated heterocycles. The van der Waals surface area contributed by atoms with Gasteiger partial charge in [0.25, 0.3) is 5.91 Å². The van der Waals surface area contributed by atoms with E-state index >= 15 is 0 Å². The molecule has 2 aromatic carbocycles. The second-order valence-electron chi connectivity index (χ2n) is 4.55. The number of para-hydroxylation sites is 1. The molecule has 0 aliphatic heterocycles. The molecule has 4 nitrogen and oxygen atoms in total. The first-order valence-corrected chi connectivity index (χ1v) is 6.31. The van der Waals surface area contributed by atoms with E-state index in [2.05, 4.69) is 10.6 Å². The Labute approximate surface area is 117 Å². The Kier molecular flexibility index (Phi) is 4.15. The molecule has 0 heterocycles. The van der Waals surface area contributed by atoms with Gasteiger partial charge in [-0.3, -0.25) is 9.59 Å². The maximum Gasteiger partial charge on any atom is 0.257 e. The zero-order valence-electron chi connectivity index (χ0n) is 11.4. The first kappa shape index (κ1) is 13.8. The molecule has 0 fully saturated rings. The van der Waals surface area contributed by atoms with E-state index in [0.29, 0.717) is 16.9 Å². The highest BCUT2D eigenvalue weighted by Crippen LogP contribution is 2.19. The molecule has 4 heteroatoms. The lowest BCUT2D eigenvalue weighted by Crippen LogP contribution is -2.16. The van der Waals surface area contributed by atoms with Crippen LogP contribution in [-0.2, 0) is 4.79 Å². The summed E-state index contributed by atoms with van der Waals surface area (Å²) in [6.07, 6.45) is 0. The lowest BCUT2D eigenvalue weighted by Gasteiger charge is -2.11. The number of carbonyl (C=O) groups is 2. The van der Waals surface area contributed by atoms with Crippen molar-refractivity contribution in [3.05, 3.63) is 59.7 Å². The molecule has 2 N–H and O–H groups in total. The third-order valence-corrected chi connectivity index (χ3v) is 2.76. The molecule has 2 rings (SSSR count). The SMILES string of the molecule is CC(=O)Nc1ccc(C)cc1C(=O)Nc1ccccc1. The number of nitrogens with one attached hydrogen (secondary N) is 2. The minimum Gasteiger partial charge on any atom is -0.326 e. The number of carbonyl (C=O) groups excluding carboxylic acids is 2. The Morgan fingerprint density at radius 2 is 1.65 bits per heavy atom. The molecule has 0 saturated carbocycles. The summed E-state index contributed by atoms with van der Waals surface area (Å²) < 4.78 is 0. The van der Waals surface area contributed by atoms with Crippen LogP contribution >= 0.6 is 0 Å². The fourth-order valence-corrected chi connectivity index (χ4v) is 1.86. The molecule has 0 bridgehead atoms. The Morgan fingerprint density at radius 1 is 0.950 bits per heavy atom. The molecular formula is C16H16N2O2. The second-order valence-corrected chi connectivity index (χ2v) is 4.55. The highest BCUT2D eigenvalue weighted by atomic mass is 16.2. The zero-order chi connectivity index (χ0) is 14.5. The molecule has 2 amide bonds. The van der Waals surface area contributed by atoms with Gasteiger partial charge >= 0.3 is 0 Å². The van der Waals surface area contributed by atoms with Crippen LogP contribution in [0.2, 0.25) is 0 Å². The molecule has 0 aliphatic rings. The van der Waals surface area contributed by atoms with Gasteiger partial charge in [-0.25, -0.2) is 0 Å². The monoisotopic (exact) mass is 268 g/mol. The summed E-state index contributed by atoms with van der Waals surface area (Å²) >= 11 is 0. The lowest BCUT2D eigenvalue weighted by atomic mass is 10.1. The average Bonchev–Trinajstić information content (AvgIpc) is 2.41. The van der Waals surface area contributed by atoms with Crippen LogP contribution in [-0.4, -0.2) is 11.8 Å². The highest BCUT2D eigenvalue weighted by Gasteiger charge is 2.12. The molecule has 0 aliphatic carbocycles. The van der Waals surface area contributed by atoms with Gasteiger partial charge in [0.15, 0.2) is 0 Å². The van der Waals surface area contributed by atoms with Crippen molar-refractivity contribution < 1.29 is 9.59 Å². The predicted octanol–water partition coefficient (Wildman–Crippen LogP) is 3.21. The minimum absolute atomic E-state index is 0.206. The fraction of sp³-hybridized carbons (Fsp3) is 0.125. The number of hydrogen-bond donors (Lipinski definition) is 2. The van der Waals surface area contributed by atoms with Gasteiger partial charge < -0.3 is 10.6 Å². The summed E-state index contributed by atoms with van der Waals surface area (Å²) in [7, 11) is 0. The summed E-state index contributed by atoms with van der Waals surface area (Å²) in [5.41, 5.74) is 2.63. The van der Waals surface area contributed by atoms with E-state index in [4.69, 9.17) is 0 Å². The standard InChI is InChI=1S/C16H16N2O2/c1-11-8-9-15(17-12(2)19)14(10-11)16(20)18-13-6-4-3-5-7-13/h3-10H,1-2H3,(H,17,19)(H,18,20). The number of anilines is 2. The molecular weight excluding hydrogens is 252 g/mol. The first-order chi connectivity index (χ1) is 9.56. The van der Waals surface area contributed by atoms with Gasteiger partial charge in [0.05, 0.1) is 11.3 Å². The molecule has 0 spiro atoms. The van der Waals surface area contributed by atoms with Gasteiger partial charge in [-0.2, -0.15) is 0 Å². The van der Waals surface area contributed by atoms with Crippen molar-refractivity contribution in [3.8, 4) is 0 Å². The Morgan fingerprint density at radius 3 is 2.30 bits per heavy atom. The van der Waals surface area contributed by atoms with Crippen LogP contribution in [0.3, 0.4) is 0 Å². The molecule has 0 atom stereocenters. The van der Waals surface area contributed by atoms with Crippen molar-refractivity contribution in [1.29, 1.82) is 0 Å². The summed E-state index contributed by atoms with van der Waals surface area (Å²) in [4.78, 5) is 23.5. The van der Waals surface area contributed by atoms with E-state index in [1.165, 1.54) is 6.92 Å². The molecule has 2 aromatic rings. The fourth-order valence-electron chi connectivity index (χ4n) is 1.86. The maximum absolute atomic E-state index is 12.3.